The summed E-state index contributed by atoms with van der Waals surface area (Å²) in [4.78, 5) is 19.1. The van der Waals surface area contributed by atoms with Crippen molar-refractivity contribution >= 4 is 17.6 Å². The third kappa shape index (κ3) is 5.63. The summed E-state index contributed by atoms with van der Waals surface area (Å²) in [7, 11) is 0. The number of halogens is 1. The van der Waals surface area contributed by atoms with Gasteiger partial charge in [0, 0.05) is 0 Å². The van der Waals surface area contributed by atoms with Gasteiger partial charge in [0.2, 0.25) is 0 Å². The third-order valence-corrected chi connectivity index (χ3v) is 2.48. The molecule has 94 valence electrons. The molecule has 17 heavy (non-hydrogen) atoms. The molecule has 0 N–H and O–H groups in total. The maximum Gasteiger partial charge on any atom is 0.358 e. The molecule has 4 nitrogen and oxygen atoms in total. The molecule has 1 aromatic heterocycles. The molecule has 0 amide bonds. The molecule has 0 radical (unpaired) electrons. The minimum Gasteiger partial charge on any atom is -0.461 e. The first-order valence-corrected chi connectivity index (χ1v) is 6.26. The summed E-state index contributed by atoms with van der Waals surface area (Å²) in [5, 5.41) is 0.197. The molecule has 0 aliphatic carbocycles. The second-order valence-corrected chi connectivity index (χ2v) is 4.16. The Hall–Kier alpha value is -1.16. The second-order valence-electron chi connectivity index (χ2n) is 3.78. The molecule has 0 aliphatic rings. The maximum atomic E-state index is 11.5. The zero-order valence-electron chi connectivity index (χ0n) is 9.99. The SMILES string of the molecule is CCCCCCCOC(=O)c1cncc(Cl)n1. The van der Waals surface area contributed by atoms with Crippen molar-refractivity contribution in [1.82, 2.24) is 9.97 Å². The summed E-state index contributed by atoms with van der Waals surface area (Å²) < 4.78 is 5.06. The van der Waals surface area contributed by atoms with E-state index < -0.39 is 5.97 Å². The average molecular weight is 257 g/mol. The molecule has 0 aromatic carbocycles. The van der Waals surface area contributed by atoms with E-state index in [1.165, 1.54) is 31.7 Å². The van der Waals surface area contributed by atoms with Crippen LogP contribution in [0, 0.1) is 0 Å². The van der Waals surface area contributed by atoms with Crippen LogP contribution >= 0.6 is 11.6 Å². The molecule has 0 spiro atoms. The Labute approximate surface area is 106 Å². The lowest BCUT2D eigenvalue weighted by Gasteiger charge is -2.03. The number of hydrogen-bond donors (Lipinski definition) is 0. The van der Waals surface area contributed by atoms with Gasteiger partial charge in [-0.1, -0.05) is 44.2 Å². The van der Waals surface area contributed by atoms with E-state index in [4.69, 9.17) is 16.3 Å². The summed E-state index contributed by atoms with van der Waals surface area (Å²) in [6.45, 7) is 2.59. The van der Waals surface area contributed by atoms with Crippen LogP contribution in [-0.4, -0.2) is 22.5 Å². The van der Waals surface area contributed by atoms with Crippen molar-refractivity contribution in [3.63, 3.8) is 0 Å². The van der Waals surface area contributed by atoms with Gasteiger partial charge in [-0.2, -0.15) is 0 Å². The Morgan fingerprint density at radius 1 is 1.29 bits per heavy atom. The Morgan fingerprint density at radius 3 is 2.76 bits per heavy atom. The third-order valence-electron chi connectivity index (χ3n) is 2.30. The lowest BCUT2D eigenvalue weighted by molar-refractivity contribution is 0.0490. The van der Waals surface area contributed by atoms with Crippen LogP contribution in [0.4, 0.5) is 0 Å². The van der Waals surface area contributed by atoms with E-state index >= 15 is 0 Å². The van der Waals surface area contributed by atoms with Crippen molar-refractivity contribution in [3.8, 4) is 0 Å². The zero-order chi connectivity index (χ0) is 12.5. The molecule has 0 saturated heterocycles. The van der Waals surface area contributed by atoms with E-state index in [-0.39, 0.29) is 10.8 Å². The number of esters is 1. The molecular weight excluding hydrogens is 240 g/mol. The first kappa shape index (κ1) is 13.9. The lowest BCUT2D eigenvalue weighted by Crippen LogP contribution is -2.09. The van der Waals surface area contributed by atoms with Crippen LogP contribution in [0.3, 0.4) is 0 Å². The van der Waals surface area contributed by atoms with E-state index in [9.17, 15) is 4.79 Å². The smallest absolute Gasteiger partial charge is 0.358 e. The summed E-state index contributed by atoms with van der Waals surface area (Å²) >= 11 is 5.63. The summed E-state index contributed by atoms with van der Waals surface area (Å²) in [5.41, 5.74) is 0.158. The molecule has 5 heteroatoms. The largest absolute Gasteiger partial charge is 0.461 e. The standard InChI is InChI=1S/C12H17ClN2O2/c1-2-3-4-5-6-7-17-12(16)10-8-14-9-11(13)15-10/h8-9H,2-7H2,1H3. The topological polar surface area (TPSA) is 52.1 Å². The van der Waals surface area contributed by atoms with Gasteiger partial charge in [0.1, 0.15) is 5.15 Å². The summed E-state index contributed by atoms with van der Waals surface area (Å²) in [6, 6.07) is 0. The van der Waals surface area contributed by atoms with E-state index in [1.807, 2.05) is 0 Å². The molecule has 1 heterocycles. The van der Waals surface area contributed by atoms with E-state index in [1.54, 1.807) is 0 Å². The predicted molar refractivity (Wildman–Crippen MR) is 66.1 cm³/mol. The Kier molecular flexibility index (Phi) is 6.55. The second kappa shape index (κ2) is 8.01. The van der Waals surface area contributed by atoms with Gasteiger partial charge in [-0.05, 0) is 6.42 Å². The van der Waals surface area contributed by atoms with Crippen molar-refractivity contribution in [2.75, 3.05) is 6.61 Å². The summed E-state index contributed by atoms with van der Waals surface area (Å²) in [5.74, 6) is -0.463. The zero-order valence-corrected chi connectivity index (χ0v) is 10.7. The molecule has 0 fully saturated rings. The highest BCUT2D eigenvalue weighted by Crippen LogP contribution is 2.06. The minimum atomic E-state index is -0.463. The lowest BCUT2D eigenvalue weighted by atomic mass is 10.2. The number of nitrogens with zero attached hydrogens (tertiary/aromatic N) is 2. The van der Waals surface area contributed by atoms with Crippen molar-refractivity contribution in [1.29, 1.82) is 0 Å². The van der Waals surface area contributed by atoms with Crippen molar-refractivity contribution in [3.05, 3.63) is 23.2 Å². The molecule has 1 rings (SSSR count). The Bertz CT molecular complexity index is 358. The number of carbonyl (C=O) groups excluding carboxylic acids is 1. The van der Waals surface area contributed by atoms with Crippen LogP contribution in [0.25, 0.3) is 0 Å². The van der Waals surface area contributed by atoms with Crippen LogP contribution in [-0.2, 0) is 4.74 Å². The molecule has 0 aliphatic heterocycles. The highest BCUT2D eigenvalue weighted by atomic mass is 35.5. The number of unbranched alkanes of at least 4 members (excludes halogenated alkanes) is 4. The molecule has 0 atom stereocenters. The first-order valence-electron chi connectivity index (χ1n) is 5.88. The van der Waals surface area contributed by atoms with Crippen molar-refractivity contribution < 1.29 is 9.53 Å². The molecule has 1 aromatic rings. The maximum absolute atomic E-state index is 11.5. The fourth-order valence-electron chi connectivity index (χ4n) is 1.38. The van der Waals surface area contributed by atoms with E-state index in [0.29, 0.717) is 6.61 Å². The molecule has 0 saturated carbocycles. The van der Waals surface area contributed by atoms with Gasteiger partial charge in [0.05, 0.1) is 19.0 Å². The molecular formula is C12H17ClN2O2. The van der Waals surface area contributed by atoms with Crippen LogP contribution < -0.4 is 0 Å². The van der Waals surface area contributed by atoms with Gasteiger partial charge >= 0.3 is 5.97 Å². The number of aromatic nitrogens is 2. The van der Waals surface area contributed by atoms with Crippen molar-refractivity contribution in [2.24, 2.45) is 0 Å². The normalized spacial score (nSPS) is 10.2. The van der Waals surface area contributed by atoms with Gasteiger partial charge in [0.25, 0.3) is 0 Å². The van der Waals surface area contributed by atoms with E-state index in [0.717, 1.165) is 12.8 Å². The minimum absolute atomic E-state index is 0.158. The van der Waals surface area contributed by atoms with Crippen LogP contribution in [0.2, 0.25) is 5.15 Å². The molecule has 0 unspecified atom stereocenters. The number of ether oxygens (including phenoxy) is 1. The molecule has 0 bridgehead atoms. The van der Waals surface area contributed by atoms with Gasteiger partial charge in [-0.25, -0.2) is 9.78 Å². The first-order chi connectivity index (χ1) is 8.24. The number of carbonyl (C=O) groups is 1. The highest BCUT2D eigenvalue weighted by molar-refractivity contribution is 6.29. The van der Waals surface area contributed by atoms with Gasteiger partial charge in [-0.15, -0.1) is 0 Å². The van der Waals surface area contributed by atoms with Crippen molar-refractivity contribution in [2.45, 2.75) is 39.0 Å². The van der Waals surface area contributed by atoms with Crippen LogP contribution in [0.15, 0.2) is 12.4 Å². The monoisotopic (exact) mass is 256 g/mol. The predicted octanol–water partition coefficient (Wildman–Crippen LogP) is 3.26. The van der Waals surface area contributed by atoms with Crippen LogP contribution in [0.1, 0.15) is 49.5 Å². The summed E-state index contributed by atoms with van der Waals surface area (Å²) in [6.07, 6.45) is 8.33. The fraction of sp³-hybridized carbons (Fsp3) is 0.583. The van der Waals surface area contributed by atoms with Gasteiger partial charge in [-0.3, -0.25) is 4.98 Å². The van der Waals surface area contributed by atoms with E-state index in [2.05, 4.69) is 16.9 Å². The fourth-order valence-corrected chi connectivity index (χ4v) is 1.53. The number of hydrogen-bond acceptors (Lipinski definition) is 4. The van der Waals surface area contributed by atoms with Crippen LogP contribution in [0.5, 0.6) is 0 Å². The number of rotatable bonds is 7. The van der Waals surface area contributed by atoms with Gasteiger partial charge in [0.15, 0.2) is 5.69 Å². The Morgan fingerprint density at radius 2 is 2.06 bits per heavy atom. The average Bonchev–Trinajstić information content (AvgIpc) is 2.33. The quantitative estimate of drug-likeness (QED) is 0.555. The highest BCUT2D eigenvalue weighted by Gasteiger charge is 2.09. The van der Waals surface area contributed by atoms with Gasteiger partial charge < -0.3 is 4.74 Å². The Balaban J connectivity index is 2.21.